The van der Waals surface area contributed by atoms with Crippen molar-refractivity contribution in [1.82, 2.24) is 10.2 Å². The smallest absolute Gasteiger partial charge is 0.0136 e. The minimum Gasteiger partial charge on any atom is -0.316 e. The Kier molecular flexibility index (Phi) is 3.49. The van der Waals surface area contributed by atoms with Crippen LogP contribution in [0.5, 0.6) is 0 Å². The molecule has 0 amide bonds. The predicted octanol–water partition coefficient (Wildman–Crippen LogP) is 2.25. The minimum atomic E-state index is 0.925. The number of nitrogens with zero attached hydrogens (tertiary/aromatic N) is 1. The van der Waals surface area contributed by atoms with Gasteiger partial charge in [0.1, 0.15) is 0 Å². The number of piperidine rings is 2. The molecule has 2 heterocycles. The maximum atomic E-state index is 3.72. The third kappa shape index (κ3) is 2.60. The summed E-state index contributed by atoms with van der Waals surface area (Å²) in [5.74, 6) is 1.99. The molecular formula is C14H26N2. The quantitative estimate of drug-likeness (QED) is 0.785. The molecule has 2 atom stereocenters. The molecule has 92 valence electrons. The lowest BCUT2D eigenvalue weighted by Crippen LogP contribution is -2.50. The summed E-state index contributed by atoms with van der Waals surface area (Å²) < 4.78 is 0. The topological polar surface area (TPSA) is 15.3 Å². The van der Waals surface area contributed by atoms with Crippen LogP contribution in [0.4, 0.5) is 0 Å². The molecule has 3 rings (SSSR count). The van der Waals surface area contributed by atoms with Gasteiger partial charge in [-0.05, 0) is 76.5 Å². The fourth-order valence-electron chi connectivity index (χ4n) is 3.61. The molecule has 2 aliphatic heterocycles. The van der Waals surface area contributed by atoms with Crippen molar-refractivity contribution in [2.24, 2.45) is 11.8 Å². The fraction of sp³-hybridized carbons (Fsp3) is 1.00. The first-order chi connectivity index (χ1) is 7.93. The molecule has 2 nitrogen and oxygen atoms in total. The van der Waals surface area contributed by atoms with Crippen LogP contribution in [0.3, 0.4) is 0 Å². The first-order valence-corrected chi connectivity index (χ1v) is 7.38. The van der Waals surface area contributed by atoms with E-state index >= 15 is 0 Å². The van der Waals surface area contributed by atoms with Gasteiger partial charge in [0.2, 0.25) is 0 Å². The van der Waals surface area contributed by atoms with Gasteiger partial charge in [-0.3, -0.25) is 0 Å². The molecule has 2 saturated heterocycles. The summed E-state index contributed by atoms with van der Waals surface area (Å²) in [6.45, 7) is 5.34. The van der Waals surface area contributed by atoms with E-state index < -0.39 is 0 Å². The van der Waals surface area contributed by atoms with Crippen LogP contribution in [0, 0.1) is 11.8 Å². The van der Waals surface area contributed by atoms with Crippen LogP contribution in [0.2, 0.25) is 0 Å². The minimum absolute atomic E-state index is 0.925. The van der Waals surface area contributed by atoms with E-state index in [0.29, 0.717) is 0 Å². The van der Waals surface area contributed by atoms with Crippen LogP contribution in [0.1, 0.15) is 44.9 Å². The average Bonchev–Trinajstić information content (AvgIpc) is 3.13. The highest BCUT2D eigenvalue weighted by molar-refractivity contribution is 4.88. The first kappa shape index (κ1) is 11.0. The van der Waals surface area contributed by atoms with Crippen molar-refractivity contribution in [1.29, 1.82) is 0 Å². The molecule has 2 unspecified atom stereocenters. The van der Waals surface area contributed by atoms with Crippen LogP contribution in [0.25, 0.3) is 0 Å². The van der Waals surface area contributed by atoms with Crippen molar-refractivity contribution in [3.05, 3.63) is 0 Å². The van der Waals surface area contributed by atoms with Gasteiger partial charge in [-0.2, -0.15) is 0 Å². The molecule has 0 spiro atoms. The highest BCUT2D eigenvalue weighted by Crippen LogP contribution is 2.31. The zero-order valence-corrected chi connectivity index (χ0v) is 10.5. The van der Waals surface area contributed by atoms with Gasteiger partial charge in [0.25, 0.3) is 0 Å². The average molecular weight is 222 g/mol. The van der Waals surface area contributed by atoms with E-state index in [1.807, 2.05) is 0 Å². The first-order valence-electron chi connectivity index (χ1n) is 7.38. The number of hydrogen-bond donors (Lipinski definition) is 1. The molecule has 0 aromatic rings. The molecular weight excluding hydrogens is 196 g/mol. The lowest BCUT2D eigenvalue weighted by atomic mass is 9.83. The molecule has 1 aliphatic carbocycles. The number of fused-ring (bicyclic) bond motifs is 1. The van der Waals surface area contributed by atoms with E-state index in [2.05, 4.69) is 10.2 Å². The van der Waals surface area contributed by atoms with E-state index in [-0.39, 0.29) is 0 Å². The molecule has 1 saturated carbocycles. The van der Waals surface area contributed by atoms with Gasteiger partial charge in [0.15, 0.2) is 0 Å². The SMILES string of the molecule is C1CCN2CCCC(CNCC3CC3)C2C1. The summed E-state index contributed by atoms with van der Waals surface area (Å²) in [5.41, 5.74) is 0. The highest BCUT2D eigenvalue weighted by Gasteiger charge is 2.32. The Bertz CT molecular complexity index is 223. The summed E-state index contributed by atoms with van der Waals surface area (Å²) in [6, 6.07) is 0.925. The Labute approximate surface area is 99.8 Å². The Morgan fingerprint density at radius 3 is 2.62 bits per heavy atom. The summed E-state index contributed by atoms with van der Waals surface area (Å²) in [6.07, 6.45) is 10.3. The highest BCUT2D eigenvalue weighted by atomic mass is 15.2. The van der Waals surface area contributed by atoms with E-state index in [1.54, 1.807) is 0 Å². The zero-order valence-electron chi connectivity index (χ0n) is 10.5. The van der Waals surface area contributed by atoms with Crippen LogP contribution < -0.4 is 5.32 Å². The molecule has 0 radical (unpaired) electrons. The summed E-state index contributed by atoms with van der Waals surface area (Å²) in [7, 11) is 0. The van der Waals surface area contributed by atoms with Gasteiger partial charge in [0, 0.05) is 6.04 Å². The van der Waals surface area contributed by atoms with Gasteiger partial charge >= 0.3 is 0 Å². The Hall–Kier alpha value is -0.0800. The monoisotopic (exact) mass is 222 g/mol. The third-order valence-corrected chi connectivity index (χ3v) is 4.77. The lowest BCUT2D eigenvalue weighted by Gasteiger charge is -2.44. The summed E-state index contributed by atoms with van der Waals surface area (Å²) >= 11 is 0. The maximum Gasteiger partial charge on any atom is 0.0136 e. The largest absolute Gasteiger partial charge is 0.316 e. The molecule has 2 heteroatoms. The number of hydrogen-bond acceptors (Lipinski definition) is 2. The fourth-order valence-corrected chi connectivity index (χ4v) is 3.61. The third-order valence-electron chi connectivity index (χ3n) is 4.77. The van der Waals surface area contributed by atoms with Gasteiger partial charge in [-0.25, -0.2) is 0 Å². The van der Waals surface area contributed by atoms with Crippen LogP contribution in [-0.4, -0.2) is 37.1 Å². The molecule has 3 fully saturated rings. The van der Waals surface area contributed by atoms with Gasteiger partial charge in [-0.1, -0.05) is 6.42 Å². The summed E-state index contributed by atoms with van der Waals surface area (Å²) in [4.78, 5) is 2.77. The Morgan fingerprint density at radius 2 is 1.75 bits per heavy atom. The summed E-state index contributed by atoms with van der Waals surface area (Å²) in [5, 5.41) is 3.72. The van der Waals surface area contributed by atoms with E-state index in [1.165, 1.54) is 71.1 Å². The van der Waals surface area contributed by atoms with Gasteiger partial charge in [0.05, 0.1) is 0 Å². The second-order valence-electron chi connectivity index (χ2n) is 6.10. The maximum absolute atomic E-state index is 3.72. The van der Waals surface area contributed by atoms with Crippen molar-refractivity contribution >= 4 is 0 Å². The van der Waals surface area contributed by atoms with Crippen molar-refractivity contribution in [2.45, 2.75) is 51.0 Å². The number of nitrogens with one attached hydrogen (secondary N) is 1. The Morgan fingerprint density at radius 1 is 0.875 bits per heavy atom. The van der Waals surface area contributed by atoms with Crippen molar-refractivity contribution in [3.63, 3.8) is 0 Å². The molecule has 0 bridgehead atoms. The molecule has 1 N–H and O–H groups in total. The molecule has 0 aromatic carbocycles. The standard InChI is InChI=1S/C14H26N2/c1-2-8-16-9-3-4-13(14(16)5-1)11-15-10-12-6-7-12/h12-15H,1-11H2. The van der Waals surface area contributed by atoms with Crippen molar-refractivity contribution in [2.75, 3.05) is 26.2 Å². The Balaban J connectivity index is 1.47. The second-order valence-corrected chi connectivity index (χ2v) is 6.10. The van der Waals surface area contributed by atoms with Gasteiger partial charge in [-0.15, -0.1) is 0 Å². The second kappa shape index (κ2) is 5.05. The predicted molar refractivity (Wildman–Crippen MR) is 67.5 cm³/mol. The van der Waals surface area contributed by atoms with E-state index in [9.17, 15) is 0 Å². The molecule has 0 aromatic heterocycles. The van der Waals surface area contributed by atoms with Crippen molar-refractivity contribution < 1.29 is 0 Å². The number of rotatable bonds is 4. The van der Waals surface area contributed by atoms with Crippen LogP contribution in [0.15, 0.2) is 0 Å². The van der Waals surface area contributed by atoms with E-state index in [4.69, 9.17) is 0 Å². The molecule has 3 aliphatic rings. The van der Waals surface area contributed by atoms with Crippen LogP contribution >= 0.6 is 0 Å². The van der Waals surface area contributed by atoms with Crippen molar-refractivity contribution in [3.8, 4) is 0 Å². The lowest BCUT2D eigenvalue weighted by molar-refractivity contribution is 0.0594. The van der Waals surface area contributed by atoms with E-state index in [0.717, 1.165) is 17.9 Å². The van der Waals surface area contributed by atoms with Crippen LogP contribution in [-0.2, 0) is 0 Å². The van der Waals surface area contributed by atoms with Gasteiger partial charge < -0.3 is 10.2 Å². The zero-order chi connectivity index (χ0) is 10.8. The molecule has 16 heavy (non-hydrogen) atoms. The normalized spacial score (nSPS) is 36.0.